The summed E-state index contributed by atoms with van der Waals surface area (Å²) < 4.78 is 4.80. The fraction of sp³-hybridized carbons (Fsp3) is 0.700. The van der Waals surface area contributed by atoms with Crippen LogP contribution in [0.3, 0.4) is 0 Å². The highest BCUT2D eigenvalue weighted by Gasteiger charge is 2.05. The highest BCUT2D eigenvalue weighted by atomic mass is 16.5. The fourth-order valence-electron chi connectivity index (χ4n) is 0.924. The number of ether oxygens (including phenoxy) is 1. The summed E-state index contributed by atoms with van der Waals surface area (Å²) in [5, 5.41) is 0. The molecular weight excluding hydrogens is 152 g/mol. The minimum atomic E-state index is -0.242. The Hall–Kier alpha value is -0.790. The number of hydrogen-bond donors (Lipinski definition) is 0. The lowest BCUT2D eigenvalue weighted by atomic mass is 10.1. The van der Waals surface area contributed by atoms with Crippen molar-refractivity contribution in [3.05, 3.63) is 12.2 Å². The zero-order valence-electron chi connectivity index (χ0n) is 8.06. The number of carbonyl (C=O) groups is 1. The lowest BCUT2D eigenvalue weighted by Gasteiger charge is -2.03. The second-order valence-corrected chi connectivity index (χ2v) is 2.78. The van der Waals surface area contributed by atoms with Gasteiger partial charge in [-0.15, -0.1) is 0 Å². The standard InChI is InChI=1S/C10H18O2/c1-4-6-7-8-9(3)10(11)12-5-2/h3-8H2,1-2H3. The summed E-state index contributed by atoms with van der Waals surface area (Å²) in [4.78, 5) is 11.0. The van der Waals surface area contributed by atoms with Crippen LogP contribution in [0, 0.1) is 0 Å². The van der Waals surface area contributed by atoms with Crippen molar-refractivity contribution < 1.29 is 9.53 Å². The molecule has 0 aromatic heterocycles. The van der Waals surface area contributed by atoms with Gasteiger partial charge < -0.3 is 4.74 Å². The molecule has 0 aromatic carbocycles. The summed E-state index contributed by atoms with van der Waals surface area (Å²) in [7, 11) is 0. The Labute approximate surface area is 74.6 Å². The van der Waals surface area contributed by atoms with Crippen molar-refractivity contribution in [1.29, 1.82) is 0 Å². The number of unbranched alkanes of at least 4 members (excludes halogenated alkanes) is 2. The monoisotopic (exact) mass is 170 g/mol. The van der Waals surface area contributed by atoms with Gasteiger partial charge in [-0.1, -0.05) is 26.3 Å². The SMILES string of the molecule is C=C(CCCCC)C(=O)OCC. The van der Waals surface area contributed by atoms with Crippen molar-refractivity contribution in [2.45, 2.75) is 39.5 Å². The topological polar surface area (TPSA) is 26.3 Å². The third-order valence-corrected chi connectivity index (χ3v) is 1.65. The smallest absolute Gasteiger partial charge is 0.333 e. The molecule has 0 heterocycles. The fourth-order valence-corrected chi connectivity index (χ4v) is 0.924. The van der Waals surface area contributed by atoms with Gasteiger partial charge in [0.25, 0.3) is 0 Å². The van der Waals surface area contributed by atoms with Gasteiger partial charge >= 0.3 is 5.97 Å². The van der Waals surface area contributed by atoms with Crippen LogP contribution < -0.4 is 0 Å². The molecule has 2 heteroatoms. The molecule has 0 fully saturated rings. The minimum absolute atomic E-state index is 0.242. The lowest BCUT2D eigenvalue weighted by Crippen LogP contribution is -2.06. The predicted octanol–water partition coefficient (Wildman–Crippen LogP) is 2.69. The van der Waals surface area contributed by atoms with Crippen LogP contribution in [0.5, 0.6) is 0 Å². The molecule has 0 rings (SSSR count). The van der Waals surface area contributed by atoms with Crippen molar-refractivity contribution in [2.75, 3.05) is 6.61 Å². The van der Waals surface area contributed by atoms with E-state index in [1.807, 2.05) is 0 Å². The zero-order valence-corrected chi connectivity index (χ0v) is 8.06. The molecule has 12 heavy (non-hydrogen) atoms. The summed E-state index contributed by atoms with van der Waals surface area (Å²) >= 11 is 0. The lowest BCUT2D eigenvalue weighted by molar-refractivity contribution is -0.138. The number of carbonyl (C=O) groups excluding carboxylic acids is 1. The first kappa shape index (κ1) is 11.2. The Kier molecular flexibility index (Phi) is 6.44. The van der Waals surface area contributed by atoms with Crippen LogP contribution in [0.25, 0.3) is 0 Å². The van der Waals surface area contributed by atoms with Gasteiger partial charge in [-0.05, 0) is 19.8 Å². The van der Waals surface area contributed by atoms with E-state index in [0.29, 0.717) is 12.2 Å². The van der Waals surface area contributed by atoms with E-state index < -0.39 is 0 Å². The molecule has 0 N–H and O–H groups in total. The Morgan fingerprint density at radius 3 is 2.50 bits per heavy atom. The summed E-state index contributed by atoms with van der Waals surface area (Å²) in [6.45, 7) is 8.04. The van der Waals surface area contributed by atoms with Crippen molar-refractivity contribution in [1.82, 2.24) is 0 Å². The van der Waals surface area contributed by atoms with E-state index in [4.69, 9.17) is 4.74 Å². The van der Waals surface area contributed by atoms with E-state index in [2.05, 4.69) is 13.5 Å². The van der Waals surface area contributed by atoms with E-state index in [9.17, 15) is 4.79 Å². The average Bonchev–Trinajstić information content (AvgIpc) is 2.05. The summed E-state index contributed by atoms with van der Waals surface area (Å²) in [5.74, 6) is -0.242. The third-order valence-electron chi connectivity index (χ3n) is 1.65. The van der Waals surface area contributed by atoms with Gasteiger partial charge in [-0.2, -0.15) is 0 Å². The Morgan fingerprint density at radius 1 is 1.33 bits per heavy atom. The van der Waals surface area contributed by atoms with Gasteiger partial charge in [0, 0.05) is 5.57 Å². The number of rotatable bonds is 6. The van der Waals surface area contributed by atoms with Gasteiger partial charge in [0.05, 0.1) is 6.61 Å². The number of esters is 1. The minimum Gasteiger partial charge on any atom is -0.463 e. The third kappa shape index (κ3) is 4.94. The molecular formula is C10H18O2. The van der Waals surface area contributed by atoms with Crippen molar-refractivity contribution in [3.8, 4) is 0 Å². The Balaban J connectivity index is 3.50. The van der Waals surface area contributed by atoms with Gasteiger partial charge in [0.2, 0.25) is 0 Å². The van der Waals surface area contributed by atoms with Gasteiger partial charge in [-0.3, -0.25) is 0 Å². The maximum absolute atomic E-state index is 11.0. The summed E-state index contributed by atoms with van der Waals surface area (Å²) in [6, 6.07) is 0. The molecule has 0 saturated heterocycles. The van der Waals surface area contributed by atoms with E-state index in [1.54, 1.807) is 6.92 Å². The second kappa shape index (κ2) is 6.89. The molecule has 0 unspecified atom stereocenters. The maximum atomic E-state index is 11.0. The first-order valence-electron chi connectivity index (χ1n) is 4.57. The summed E-state index contributed by atoms with van der Waals surface area (Å²) in [6.07, 6.45) is 4.12. The largest absolute Gasteiger partial charge is 0.463 e. The van der Waals surface area contributed by atoms with E-state index in [0.717, 1.165) is 25.7 Å². The number of hydrogen-bond acceptors (Lipinski definition) is 2. The maximum Gasteiger partial charge on any atom is 0.333 e. The molecule has 0 amide bonds. The highest BCUT2D eigenvalue weighted by Crippen LogP contribution is 2.08. The Bertz CT molecular complexity index is 150. The molecule has 0 saturated carbocycles. The van der Waals surface area contributed by atoms with Crippen LogP contribution >= 0.6 is 0 Å². The van der Waals surface area contributed by atoms with E-state index in [-0.39, 0.29) is 5.97 Å². The normalized spacial score (nSPS) is 9.50. The van der Waals surface area contributed by atoms with Crippen LogP contribution in [0.4, 0.5) is 0 Å². The van der Waals surface area contributed by atoms with Crippen LogP contribution in [0.1, 0.15) is 39.5 Å². The second-order valence-electron chi connectivity index (χ2n) is 2.78. The van der Waals surface area contributed by atoms with E-state index in [1.165, 1.54) is 0 Å². The van der Waals surface area contributed by atoms with Crippen LogP contribution in [-0.4, -0.2) is 12.6 Å². The molecule has 0 aliphatic heterocycles. The molecule has 0 aliphatic rings. The van der Waals surface area contributed by atoms with Gasteiger partial charge in [0.15, 0.2) is 0 Å². The molecule has 0 spiro atoms. The van der Waals surface area contributed by atoms with Crippen LogP contribution in [0.15, 0.2) is 12.2 Å². The predicted molar refractivity (Wildman–Crippen MR) is 49.9 cm³/mol. The molecule has 0 aliphatic carbocycles. The highest BCUT2D eigenvalue weighted by molar-refractivity contribution is 5.87. The van der Waals surface area contributed by atoms with Crippen molar-refractivity contribution in [2.24, 2.45) is 0 Å². The molecule has 2 nitrogen and oxygen atoms in total. The van der Waals surface area contributed by atoms with Crippen molar-refractivity contribution in [3.63, 3.8) is 0 Å². The molecule has 70 valence electrons. The zero-order chi connectivity index (χ0) is 9.40. The van der Waals surface area contributed by atoms with E-state index >= 15 is 0 Å². The average molecular weight is 170 g/mol. The Morgan fingerprint density at radius 2 is 2.00 bits per heavy atom. The summed E-state index contributed by atoms with van der Waals surface area (Å²) in [5.41, 5.74) is 0.602. The van der Waals surface area contributed by atoms with Crippen molar-refractivity contribution >= 4 is 5.97 Å². The first-order chi connectivity index (χ1) is 5.72. The molecule has 0 aromatic rings. The van der Waals surface area contributed by atoms with Gasteiger partial charge in [-0.25, -0.2) is 4.79 Å². The quantitative estimate of drug-likeness (QED) is 0.348. The molecule has 0 bridgehead atoms. The molecule has 0 atom stereocenters. The first-order valence-corrected chi connectivity index (χ1v) is 4.57. The molecule has 0 radical (unpaired) electrons. The van der Waals surface area contributed by atoms with Crippen LogP contribution in [0.2, 0.25) is 0 Å². The van der Waals surface area contributed by atoms with Crippen LogP contribution in [-0.2, 0) is 9.53 Å². The van der Waals surface area contributed by atoms with Gasteiger partial charge in [0.1, 0.15) is 0 Å².